The fourth-order valence-corrected chi connectivity index (χ4v) is 1.15. The van der Waals surface area contributed by atoms with Gasteiger partial charge in [0.15, 0.2) is 0 Å². The maximum absolute atomic E-state index is 9.97. The number of hydrogen-bond acceptors (Lipinski definition) is 3. The second kappa shape index (κ2) is 4.50. The molecule has 0 bridgehead atoms. The first-order valence-electron chi connectivity index (χ1n) is 2.42. The average Bonchev–Trinajstić information content (AvgIpc) is 1.58. The molecule has 0 atom stereocenters. The summed E-state index contributed by atoms with van der Waals surface area (Å²) >= 11 is 0.800. The Balaban J connectivity index is 3.53. The van der Waals surface area contributed by atoms with Crippen LogP contribution in [-0.2, 0) is 9.59 Å². The van der Waals surface area contributed by atoms with Crippen LogP contribution in [0.15, 0.2) is 0 Å². The standard InChI is InChI=1S/C4H6NO4.Sn/c6-3(7)1-5-2-4(8)9;/h1-2H2,(H,6,7)(H,8,9);/q-1;+1. The molecule has 2 N–H and O–H groups in total. The van der Waals surface area contributed by atoms with Crippen LogP contribution in [0.3, 0.4) is 0 Å². The van der Waals surface area contributed by atoms with Gasteiger partial charge in [-0.25, -0.2) is 0 Å². The summed E-state index contributed by atoms with van der Waals surface area (Å²) in [6.45, 7) is -0.408. The van der Waals surface area contributed by atoms with Crippen molar-refractivity contribution < 1.29 is 19.8 Å². The minimum atomic E-state index is -1.00. The predicted molar refractivity (Wildman–Crippen MR) is 32.6 cm³/mol. The Morgan fingerprint density at radius 2 is 1.50 bits per heavy atom. The van der Waals surface area contributed by atoms with Crippen molar-refractivity contribution in [3.63, 3.8) is 0 Å². The molecular formula is C4H6NO4Sn. The van der Waals surface area contributed by atoms with Gasteiger partial charge >= 0.3 is 70.7 Å². The van der Waals surface area contributed by atoms with E-state index in [1.165, 1.54) is 3.12 Å². The molecule has 0 saturated carbocycles. The second-order valence-corrected chi connectivity index (χ2v) is 3.45. The molecule has 0 aliphatic heterocycles. The SMILES string of the molecule is O=C(O)C[N]([Sn])CC(=O)O. The van der Waals surface area contributed by atoms with Crippen LogP contribution < -0.4 is 0 Å². The van der Waals surface area contributed by atoms with E-state index in [1.54, 1.807) is 0 Å². The molecule has 0 aliphatic carbocycles. The number of aliphatic carboxylic acids is 2. The van der Waals surface area contributed by atoms with Gasteiger partial charge in [0.2, 0.25) is 0 Å². The van der Waals surface area contributed by atoms with Crippen LogP contribution >= 0.6 is 0 Å². The second-order valence-electron chi connectivity index (χ2n) is 1.64. The molecule has 55 valence electrons. The van der Waals surface area contributed by atoms with Crippen molar-refractivity contribution in [2.45, 2.75) is 0 Å². The molecule has 6 heteroatoms. The third-order valence-electron chi connectivity index (χ3n) is 0.652. The van der Waals surface area contributed by atoms with E-state index < -0.39 is 11.9 Å². The van der Waals surface area contributed by atoms with E-state index >= 15 is 0 Å². The topological polar surface area (TPSA) is 77.8 Å². The first kappa shape index (κ1) is 9.70. The van der Waals surface area contributed by atoms with Crippen molar-refractivity contribution in [2.24, 2.45) is 0 Å². The third kappa shape index (κ3) is 5.83. The van der Waals surface area contributed by atoms with Crippen LogP contribution in [0.1, 0.15) is 0 Å². The molecule has 0 aliphatic rings. The van der Waals surface area contributed by atoms with E-state index in [-0.39, 0.29) is 13.1 Å². The Labute approximate surface area is 71.1 Å². The van der Waals surface area contributed by atoms with Gasteiger partial charge in [-0.15, -0.1) is 0 Å². The molecular weight excluding hydrogens is 245 g/mol. The minimum absolute atomic E-state index is 0.204. The monoisotopic (exact) mass is 252 g/mol. The summed E-state index contributed by atoms with van der Waals surface area (Å²) in [5.74, 6) is -2.00. The van der Waals surface area contributed by atoms with Crippen molar-refractivity contribution in [3.8, 4) is 0 Å². The van der Waals surface area contributed by atoms with Gasteiger partial charge in [-0.05, 0) is 0 Å². The fourth-order valence-electron chi connectivity index (χ4n) is 0.382. The number of hydrogen-bond donors (Lipinski definition) is 2. The van der Waals surface area contributed by atoms with Gasteiger partial charge in [0.1, 0.15) is 0 Å². The number of nitrogens with zero attached hydrogens (tertiary/aromatic N) is 1. The van der Waals surface area contributed by atoms with Crippen molar-refractivity contribution in [3.05, 3.63) is 0 Å². The molecule has 0 amide bonds. The molecule has 0 aromatic carbocycles. The molecule has 5 nitrogen and oxygen atoms in total. The molecule has 0 unspecified atom stereocenters. The van der Waals surface area contributed by atoms with Gasteiger partial charge in [-0.2, -0.15) is 0 Å². The molecule has 3 radical (unpaired) electrons. The predicted octanol–water partition coefficient (Wildman–Crippen LogP) is -1.46. The van der Waals surface area contributed by atoms with Crippen LogP contribution in [0.4, 0.5) is 0 Å². The van der Waals surface area contributed by atoms with Crippen molar-refractivity contribution >= 4 is 34.7 Å². The van der Waals surface area contributed by atoms with Crippen LogP contribution in [0, 0.1) is 0 Å². The zero-order chi connectivity index (χ0) is 8.15. The normalized spacial score (nSPS) is 9.80. The van der Waals surface area contributed by atoms with E-state index in [0.29, 0.717) is 0 Å². The number of rotatable bonds is 4. The molecule has 0 heterocycles. The Bertz CT molecular complexity index is 132. The summed E-state index contributed by atoms with van der Waals surface area (Å²) in [6.07, 6.45) is 0. The van der Waals surface area contributed by atoms with Crippen molar-refractivity contribution in [2.75, 3.05) is 13.1 Å². The summed E-state index contributed by atoms with van der Waals surface area (Å²) < 4.78 is 1.29. The van der Waals surface area contributed by atoms with Gasteiger partial charge in [-0.1, -0.05) is 0 Å². The Morgan fingerprint density at radius 1 is 1.20 bits per heavy atom. The Kier molecular flexibility index (Phi) is 4.37. The summed E-state index contributed by atoms with van der Waals surface area (Å²) in [5.41, 5.74) is 0. The summed E-state index contributed by atoms with van der Waals surface area (Å²) in [4.78, 5) is 19.9. The van der Waals surface area contributed by atoms with Gasteiger partial charge < -0.3 is 0 Å². The van der Waals surface area contributed by atoms with Crippen molar-refractivity contribution in [1.29, 1.82) is 0 Å². The van der Waals surface area contributed by atoms with Crippen LogP contribution in [0.25, 0.3) is 0 Å². The molecule has 0 fully saturated rings. The molecule has 0 saturated heterocycles. The fraction of sp³-hybridized carbons (Fsp3) is 0.500. The summed E-state index contributed by atoms with van der Waals surface area (Å²) in [7, 11) is 0. The van der Waals surface area contributed by atoms with E-state index in [2.05, 4.69) is 0 Å². The number of carboxylic acid groups (broad SMARTS) is 2. The summed E-state index contributed by atoms with van der Waals surface area (Å²) in [6, 6.07) is 0. The van der Waals surface area contributed by atoms with E-state index in [1.807, 2.05) is 0 Å². The van der Waals surface area contributed by atoms with E-state index in [9.17, 15) is 9.59 Å². The van der Waals surface area contributed by atoms with Gasteiger partial charge in [0.05, 0.1) is 0 Å². The zero-order valence-electron chi connectivity index (χ0n) is 5.07. The van der Waals surface area contributed by atoms with Gasteiger partial charge in [-0.3, -0.25) is 0 Å². The van der Waals surface area contributed by atoms with E-state index in [0.717, 1.165) is 22.8 Å². The Hall–Kier alpha value is -0.301. The molecule has 0 rings (SSSR count). The first-order chi connectivity index (χ1) is 4.52. The van der Waals surface area contributed by atoms with Crippen LogP contribution in [0.2, 0.25) is 0 Å². The van der Waals surface area contributed by atoms with Crippen LogP contribution in [0.5, 0.6) is 0 Å². The van der Waals surface area contributed by atoms with E-state index in [4.69, 9.17) is 10.2 Å². The quantitative estimate of drug-likeness (QED) is 0.597. The first-order valence-corrected chi connectivity index (χ1v) is 3.70. The zero-order valence-corrected chi connectivity index (χ0v) is 7.93. The molecule has 0 aromatic rings. The number of carboxylic acids is 2. The third-order valence-corrected chi connectivity index (χ3v) is 1.55. The molecule has 0 aromatic heterocycles. The van der Waals surface area contributed by atoms with Gasteiger partial charge in [0.25, 0.3) is 0 Å². The molecule has 10 heavy (non-hydrogen) atoms. The van der Waals surface area contributed by atoms with Crippen LogP contribution in [-0.4, -0.2) is 61.2 Å². The average molecular weight is 251 g/mol. The number of carbonyl (C=O) groups is 2. The van der Waals surface area contributed by atoms with Gasteiger partial charge in [0, 0.05) is 0 Å². The maximum atomic E-state index is 9.97. The Morgan fingerprint density at radius 3 is 1.70 bits per heavy atom. The molecule has 0 spiro atoms. The summed E-state index contributed by atoms with van der Waals surface area (Å²) in [5, 5.41) is 16.4. The van der Waals surface area contributed by atoms with Crippen molar-refractivity contribution in [1.82, 2.24) is 3.12 Å².